The van der Waals surface area contributed by atoms with E-state index in [1.165, 1.54) is 11.8 Å². The first-order valence-electron chi connectivity index (χ1n) is 10.1. The molecule has 33 heavy (non-hydrogen) atoms. The van der Waals surface area contributed by atoms with Crippen molar-refractivity contribution in [3.63, 3.8) is 0 Å². The zero-order valence-electron chi connectivity index (χ0n) is 18.8. The highest BCUT2D eigenvalue weighted by atomic mass is 32.2. The number of amides is 1. The van der Waals surface area contributed by atoms with Crippen LogP contribution in [-0.2, 0) is 6.18 Å². The summed E-state index contributed by atoms with van der Waals surface area (Å²) >= 11 is 1.17. The molecule has 0 radical (unpaired) electrons. The first-order valence-corrected chi connectivity index (χ1v) is 11.4. The van der Waals surface area contributed by atoms with E-state index in [1.54, 1.807) is 12.3 Å². The van der Waals surface area contributed by atoms with E-state index in [1.807, 2.05) is 39.8 Å². The highest BCUT2D eigenvalue weighted by Crippen LogP contribution is 2.34. The number of halogens is 4. The molecule has 4 nitrogen and oxygen atoms in total. The molecular formula is C24H23F4N3OS. The van der Waals surface area contributed by atoms with E-state index in [-0.39, 0.29) is 22.9 Å². The lowest BCUT2D eigenvalue weighted by Crippen LogP contribution is -2.19. The molecule has 0 unspecified atom stereocenters. The molecule has 1 amide bonds. The van der Waals surface area contributed by atoms with Gasteiger partial charge in [-0.2, -0.15) is 13.2 Å². The fourth-order valence-corrected chi connectivity index (χ4v) is 3.90. The van der Waals surface area contributed by atoms with Crippen LogP contribution in [0.25, 0.3) is 11.4 Å². The molecule has 0 bridgehead atoms. The second-order valence-corrected chi connectivity index (χ2v) is 8.69. The van der Waals surface area contributed by atoms with Crippen molar-refractivity contribution >= 4 is 23.4 Å². The summed E-state index contributed by atoms with van der Waals surface area (Å²) in [4.78, 5) is 22.0. The van der Waals surface area contributed by atoms with Crippen LogP contribution in [0, 0.1) is 19.7 Å². The van der Waals surface area contributed by atoms with Crippen LogP contribution in [0.2, 0.25) is 0 Å². The summed E-state index contributed by atoms with van der Waals surface area (Å²) in [6.45, 7) is 7.46. The van der Waals surface area contributed by atoms with Gasteiger partial charge in [-0.1, -0.05) is 26.0 Å². The van der Waals surface area contributed by atoms with E-state index in [0.29, 0.717) is 22.5 Å². The SMILES string of the molecule is CSc1nc(-c2cc(F)cc(C(F)(F)F)c2)nc(C(C)C)c1C(=O)Nc1cccc(C)c1C. The lowest BCUT2D eigenvalue weighted by molar-refractivity contribution is -0.137. The second-order valence-electron chi connectivity index (χ2n) is 7.90. The Balaban J connectivity index is 2.14. The maximum absolute atomic E-state index is 14.0. The van der Waals surface area contributed by atoms with E-state index >= 15 is 0 Å². The van der Waals surface area contributed by atoms with Crippen LogP contribution in [0.1, 0.15) is 52.5 Å². The Morgan fingerprint density at radius 2 is 1.79 bits per heavy atom. The van der Waals surface area contributed by atoms with E-state index in [0.717, 1.165) is 23.3 Å². The first kappa shape index (κ1) is 24.7. The molecule has 0 saturated carbocycles. The van der Waals surface area contributed by atoms with Crippen LogP contribution in [-0.4, -0.2) is 22.1 Å². The van der Waals surface area contributed by atoms with Crippen molar-refractivity contribution < 1.29 is 22.4 Å². The van der Waals surface area contributed by atoms with Gasteiger partial charge in [0.05, 0.1) is 16.8 Å². The smallest absolute Gasteiger partial charge is 0.322 e. The maximum atomic E-state index is 14.0. The van der Waals surface area contributed by atoms with Crippen LogP contribution < -0.4 is 5.32 Å². The van der Waals surface area contributed by atoms with Gasteiger partial charge in [0.25, 0.3) is 5.91 Å². The van der Waals surface area contributed by atoms with Gasteiger partial charge in [-0.15, -0.1) is 11.8 Å². The largest absolute Gasteiger partial charge is 0.416 e. The number of thioether (sulfide) groups is 1. The molecule has 1 heterocycles. The third kappa shape index (κ3) is 5.35. The minimum atomic E-state index is -4.72. The topological polar surface area (TPSA) is 54.9 Å². The number of hydrogen-bond acceptors (Lipinski definition) is 4. The van der Waals surface area contributed by atoms with E-state index < -0.39 is 23.5 Å². The highest BCUT2D eigenvalue weighted by molar-refractivity contribution is 7.98. The number of aryl methyl sites for hydroxylation is 1. The summed E-state index contributed by atoms with van der Waals surface area (Å²) in [7, 11) is 0. The van der Waals surface area contributed by atoms with Gasteiger partial charge in [0.15, 0.2) is 5.82 Å². The number of benzene rings is 2. The van der Waals surface area contributed by atoms with Crippen LogP contribution in [0.4, 0.5) is 23.2 Å². The summed E-state index contributed by atoms with van der Waals surface area (Å²) < 4.78 is 53.6. The van der Waals surface area contributed by atoms with Crippen LogP contribution in [0.5, 0.6) is 0 Å². The minimum absolute atomic E-state index is 0.0728. The molecule has 1 N–H and O–H groups in total. The number of hydrogen-bond donors (Lipinski definition) is 1. The molecule has 3 rings (SSSR count). The third-order valence-corrected chi connectivity index (χ3v) is 5.89. The van der Waals surface area contributed by atoms with Gasteiger partial charge in [0.1, 0.15) is 10.8 Å². The van der Waals surface area contributed by atoms with E-state index in [2.05, 4.69) is 15.3 Å². The van der Waals surface area contributed by atoms with Gasteiger partial charge in [0, 0.05) is 11.3 Å². The molecule has 9 heteroatoms. The summed E-state index contributed by atoms with van der Waals surface area (Å²) in [6, 6.07) is 7.74. The first-order chi connectivity index (χ1) is 15.4. The van der Waals surface area contributed by atoms with Gasteiger partial charge >= 0.3 is 6.18 Å². The van der Waals surface area contributed by atoms with Crippen LogP contribution >= 0.6 is 11.8 Å². The molecule has 0 aliphatic carbocycles. The Hall–Kier alpha value is -2.94. The third-order valence-electron chi connectivity index (χ3n) is 5.21. The highest BCUT2D eigenvalue weighted by Gasteiger charge is 2.32. The van der Waals surface area contributed by atoms with Crippen LogP contribution in [0.15, 0.2) is 41.4 Å². The quantitative estimate of drug-likeness (QED) is 0.244. The summed E-state index contributed by atoms with van der Waals surface area (Å²) in [6.07, 6.45) is -3.01. The van der Waals surface area contributed by atoms with Crippen molar-refractivity contribution in [2.45, 2.75) is 44.8 Å². The standard InChI is InChI=1S/C24H23F4N3OS/c1-12(2)20-19(22(32)29-18-8-6-7-13(3)14(18)4)23(33-5)31-21(30-20)15-9-16(24(26,27)28)11-17(25)10-15/h6-12H,1-5H3,(H,29,32). The lowest BCUT2D eigenvalue weighted by Gasteiger charge is -2.18. The molecule has 3 aromatic rings. The Morgan fingerprint density at radius 3 is 2.39 bits per heavy atom. The fraction of sp³-hybridized carbons (Fsp3) is 0.292. The van der Waals surface area contributed by atoms with Crippen molar-refractivity contribution in [2.24, 2.45) is 0 Å². The van der Waals surface area contributed by atoms with Crippen molar-refractivity contribution in [2.75, 3.05) is 11.6 Å². The molecule has 174 valence electrons. The van der Waals surface area contributed by atoms with Crippen molar-refractivity contribution in [1.82, 2.24) is 9.97 Å². The number of rotatable bonds is 5. The molecule has 0 spiro atoms. The van der Waals surface area contributed by atoms with Gasteiger partial charge in [-0.25, -0.2) is 14.4 Å². The zero-order valence-corrected chi connectivity index (χ0v) is 19.6. The average Bonchev–Trinajstić information content (AvgIpc) is 2.74. The summed E-state index contributed by atoms with van der Waals surface area (Å²) in [5.41, 5.74) is 1.95. The summed E-state index contributed by atoms with van der Waals surface area (Å²) in [5.74, 6) is -1.78. The molecule has 0 saturated heterocycles. The Labute approximate surface area is 193 Å². The van der Waals surface area contributed by atoms with Gasteiger partial charge in [0.2, 0.25) is 0 Å². The van der Waals surface area contributed by atoms with Crippen LogP contribution in [0.3, 0.4) is 0 Å². The predicted molar refractivity (Wildman–Crippen MR) is 122 cm³/mol. The van der Waals surface area contributed by atoms with E-state index in [9.17, 15) is 22.4 Å². The lowest BCUT2D eigenvalue weighted by atomic mass is 10.0. The molecule has 1 aromatic heterocycles. The maximum Gasteiger partial charge on any atom is 0.416 e. The van der Waals surface area contributed by atoms with Gasteiger partial charge in [-0.05, 0) is 61.4 Å². The van der Waals surface area contributed by atoms with Crippen molar-refractivity contribution in [3.8, 4) is 11.4 Å². The Morgan fingerprint density at radius 1 is 1.09 bits per heavy atom. The molecular weight excluding hydrogens is 454 g/mol. The Kier molecular flexibility index (Phi) is 7.11. The average molecular weight is 478 g/mol. The number of nitrogens with one attached hydrogen (secondary N) is 1. The molecule has 0 aliphatic heterocycles. The summed E-state index contributed by atoms with van der Waals surface area (Å²) in [5, 5.41) is 3.19. The van der Waals surface area contributed by atoms with Gasteiger partial charge in [-0.3, -0.25) is 4.79 Å². The fourth-order valence-electron chi connectivity index (χ4n) is 3.32. The van der Waals surface area contributed by atoms with Gasteiger partial charge < -0.3 is 5.32 Å². The second kappa shape index (κ2) is 9.51. The number of alkyl halides is 3. The molecule has 0 aliphatic rings. The number of carbonyl (C=O) groups excluding carboxylic acids is 1. The zero-order chi connectivity index (χ0) is 24.5. The monoisotopic (exact) mass is 477 g/mol. The molecule has 0 fully saturated rings. The Bertz CT molecular complexity index is 1210. The number of nitrogens with zero attached hydrogens (tertiary/aromatic N) is 2. The molecule has 2 aromatic carbocycles. The number of carbonyl (C=O) groups is 1. The number of anilines is 1. The normalized spacial score (nSPS) is 11.7. The van der Waals surface area contributed by atoms with Crippen molar-refractivity contribution in [3.05, 3.63) is 70.2 Å². The number of aromatic nitrogens is 2. The van der Waals surface area contributed by atoms with E-state index in [4.69, 9.17) is 0 Å². The predicted octanol–water partition coefficient (Wildman–Crippen LogP) is 7.02. The minimum Gasteiger partial charge on any atom is -0.322 e. The van der Waals surface area contributed by atoms with Crippen molar-refractivity contribution in [1.29, 1.82) is 0 Å². The molecule has 0 atom stereocenters.